The molecule has 0 aliphatic heterocycles. The zero-order valence-electron chi connectivity index (χ0n) is 9.99. The van der Waals surface area contributed by atoms with Crippen molar-refractivity contribution >= 4 is 5.91 Å². The van der Waals surface area contributed by atoms with Crippen LogP contribution in [-0.2, 0) is 4.79 Å². The molecule has 0 aromatic carbocycles. The smallest absolute Gasteiger partial charge is 0.237 e. The Hall–Kier alpha value is -0.610. The van der Waals surface area contributed by atoms with Crippen LogP contribution in [0.5, 0.6) is 0 Å². The lowest BCUT2D eigenvalue weighted by Crippen LogP contribution is -2.48. The van der Waals surface area contributed by atoms with Crippen molar-refractivity contribution in [2.24, 2.45) is 11.7 Å². The minimum atomic E-state index is -0.0400. The highest BCUT2D eigenvalue weighted by Gasteiger charge is 2.28. The summed E-state index contributed by atoms with van der Waals surface area (Å²) in [4.78, 5) is 13.7. The Labute approximate surface area is 92.2 Å². The van der Waals surface area contributed by atoms with E-state index in [1.807, 2.05) is 20.9 Å². The Kier molecular flexibility index (Phi) is 4.54. The molecule has 1 rings (SSSR count). The molecule has 0 radical (unpaired) electrons. The summed E-state index contributed by atoms with van der Waals surface area (Å²) < 4.78 is 0. The Morgan fingerprint density at radius 2 is 2.20 bits per heavy atom. The van der Waals surface area contributed by atoms with Gasteiger partial charge in [-0.15, -0.1) is 0 Å². The monoisotopic (exact) mass is 213 g/mol. The first kappa shape index (κ1) is 12.5. The Morgan fingerprint density at radius 3 is 2.67 bits per heavy atom. The molecule has 4 nitrogen and oxygen atoms in total. The van der Waals surface area contributed by atoms with E-state index in [1.54, 1.807) is 0 Å². The number of carbonyl (C=O) groups is 1. The number of nitrogens with zero attached hydrogens (tertiary/aromatic N) is 1. The molecule has 1 fully saturated rings. The van der Waals surface area contributed by atoms with Crippen LogP contribution in [-0.4, -0.2) is 43.0 Å². The van der Waals surface area contributed by atoms with Gasteiger partial charge in [0, 0.05) is 19.1 Å². The van der Waals surface area contributed by atoms with E-state index < -0.39 is 0 Å². The van der Waals surface area contributed by atoms with Crippen molar-refractivity contribution in [1.29, 1.82) is 0 Å². The summed E-state index contributed by atoms with van der Waals surface area (Å²) >= 11 is 0. The molecule has 3 N–H and O–H groups in total. The third-order valence-electron chi connectivity index (χ3n) is 3.21. The number of amides is 1. The maximum Gasteiger partial charge on any atom is 0.237 e. The molecule has 1 aliphatic carbocycles. The minimum Gasteiger partial charge on any atom is -0.355 e. The van der Waals surface area contributed by atoms with E-state index in [0.717, 1.165) is 19.4 Å². The average Bonchev–Trinajstić information content (AvgIpc) is 2.14. The minimum absolute atomic E-state index is 0.0400. The van der Waals surface area contributed by atoms with Gasteiger partial charge in [0.05, 0.1) is 6.04 Å². The van der Waals surface area contributed by atoms with Crippen LogP contribution in [0.1, 0.15) is 26.7 Å². The molecule has 1 saturated carbocycles. The standard InChI is InChI=1S/C11H23N3O/c1-4-13-11(15)8(2)14(3)7-9-5-10(12)6-9/h8-10H,4-7,12H2,1-3H3,(H,13,15). The fourth-order valence-electron chi connectivity index (χ4n) is 2.02. The molecule has 1 aliphatic rings. The predicted octanol–water partition coefficient (Wildman–Crippen LogP) is 0.180. The molecule has 0 bridgehead atoms. The summed E-state index contributed by atoms with van der Waals surface area (Å²) in [6.07, 6.45) is 2.21. The van der Waals surface area contributed by atoms with Crippen molar-refractivity contribution in [3.05, 3.63) is 0 Å². The number of nitrogens with two attached hydrogens (primary N) is 1. The van der Waals surface area contributed by atoms with E-state index in [2.05, 4.69) is 10.2 Å². The largest absolute Gasteiger partial charge is 0.355 e. The van der Waals surface area contributed by atoms with Gasteiger partial charge in [-0.05, 0) is 39.7 Å². The highest BCUT2D eigenvalue weighted by molar-refractivity contribution is 5.81. The summed E-state index contributed by atoms with van der Waals surface area (Å²) in [6.45, 7) is 5.57. The summed E-state index contributed by atoms with van der Waals surface area (Å²) in [5.41, 5.74) is 5.73. The molecular weight excluding hydrogens is 190 g/mol. The zero-order chi connectivity index (χ0) is 11.4. The third kappa shape index (κ3) is 3.47. The Bertz CT molecular complexity index is 214. The normalized spacial score (nSPS) is 27.3. The second kappa shape index (κ2) is 5.47. The number of likely N-dealkylation sites (N-methyl/N-ethyl adjacent to an activating group) is 2. The fraction of sp³-hybridized carbons (Fsp3) is 0.909. The molecule has 1 amide bonds. The third-order valence-corrected chi connectivity index (χ3v) is 3.21. The number of nitrogens with one attached hydrogen (secondary N) is 1. The first-order valence-corrected chi connectivity index (χ1v) is 5.78. The molecule has 1 unspecified atom stereocenters. The lowest BCUT2D eigenvalue weighted by molar-refractivity contribution is -0.125. The van der Waals surface area contributed by atoms with E-state index in [4.69, 9.17) is 5.73 Å². The highest BCUT2D eigenvalue weighted by Crippen LogP contribution is 2.26. The average molecular weight is 213 g/mol. The first-order chi connectivity index (χ1) is 7.04. The van der Waals surface area contributed by atoms with Gasteiger partial charge < -0.3 is 11.1 Å². The Morgan fingerprint density at radius 1 is 1.60 bits per heavy atom. The van der Waals surface area contributed by atoms with Gasteiger partial charge in [0.25, 0.3) is 0 Å². The number of carbonyl (C=O) groups excluding carboxylic acids is 1. The summed E-state index contributed by atoms with van der Waals surface area (Å²) in [6, 6.07) is 0.352. The van der Waals surface area contributed by atoms with Gasteiger partial charge >= 0.3 is 0 Å². The number of rotatable bonds is 5. The molecule has 1 atom stereocenters. The van der Waals surface area contributed by atoms with Crippen molar-refractivity contribution in [2.75, 3.05) is 20.1 Å². The predicted molar refractivity (Wildman–Crippen MR) is 61.5 cm³/mol. The molecule has 0 aromatic rings. The van der Waals surface area contributed by atoms with Crippen molar-refractivity contribution in [2.45, 2.75) is 38.8 Å². The fourth-order valence-corrected chi connectivity index (χ4v) is 2.02. The maximum atomic E-state index is 11.6. The van der Waals surface area contributed by atoms with Crippen molar-refractivity contribution in [1.82, 2.24) is 10.2 Å². The SMILES string of the molecule is CCNC(=O)C(C)N(C)CC1CC(N)C1. The molecule has 0 saturated heterocycles. The van der Waals surface area contributed by atoms with Crippen LogP contribution >= 0.6 is 0 Å². The van der Waals surface area contributed by atoms with Gasteiger partial charge in [0.15, 0.2) is 0 Å². The van der Waals surface area contributed by atoms with Crippen LogP contribution in [0, 0.1) is 5.92 Å². The lowest BCUT2D eigenvalue weighted by Gasteiger charge is -2.36. The molecule has 88 valence electrons. The lowest BCUT2D eigenvalue weighted by atomic mass is 9.80. The molecule has 0 spiro atoms. The summed E-state index contributed by atoms with van der Waals surface area (Å²) in [5.74, 6) is 0.797. The zero-order valence-corrected chi connectivity index (χ0v) is 9.99. The maximum absolute atomic E-state index is 11.6. The van der Waals surface area contributed by atoms with Crippen LogP contribution in [0.25, 0.3) is 0 Å². The topological polar surface area (TPSA) is 58.4 Å². The first-order valence-electron chi connectivity index (χ1n) is 5.78. The number of hydrogen-bond acceptors (Lipinski definition) is 3. The van der Waals surface area contributed by atoms with E-state index in [0.29, 0.717) is 18.5 Å². The Balaban J connectivity index is 2.26. The summed E-state index contributed by atoms with van der Waals surface area (Å²) in [7, 11) is 2.00. The van der Waals surface area contributed by atoms with Crippen LogP contribution in [0.4, 0.5) is 0 Å². The van der Waals surface area contributed by atoms with Crippen LogP contribution in [0.15, 0.2) is 0 Å². The molecule has 0 aromatic heterocycles. The van der Waals surface area contributed by atoms with Gasteiger partial charge in [-0.25, -0.2) is 0 Å². The van der Waals surface area contributed by atoms with Crippen molar-refractivity contribution in [3.63, 3.8) is 0 Å². The van der Waals surface area contributed by atoms with Crippen molar-refractivity contribution in [3.8, 4) is 0 Å². The van der Waals surface area contributed by atoms with Crippen molar-refractivity contribution < 1.29 is 4.79 Å². The summed E-state index contributed by atoms with van der Waals surface area (Å²) in [5, 5.41) is 2.84. The van der Waals surface area contributed by atoms with E-state index in [9.17, 15) is 4.79 Å². The van der Waals surface area contributed by atoms with Crippen LogP contribution in [0.2, 0.25) is 0 Å². The molecule has 4 heteroatoms. The quantitative estimate of drug-likeness (QED) is 0.685. The molecule has 15 heavy (non-hydrogen) atoms. The van der Waals surface area contributed by atoms with Crippen LogP contribution < -0.4 is 11.1 Å². The van der Waals surface area contributed by atoms with Crippen LogP contribution in [0.3, 0.4) is 0 Å². The molecular formula is C11H23N3O. The second-order valence-corrected chi connectivity index (χ2v) is 4.61. The number of hydrogen-bond donors (Lipinski definition) is 2. The van der Waals surface area contributed by atoms with E-state index in [1.165, 1.54) is 0 Å². The second-order valence-electron chi connectivity index (χ2n) is 4.61. The van der Waals surface area contributed by atoms with Gasteiger partial charge in [0.2, 0.25) is 5.91 Å². The van der Waals surface area contributed by atoms with Gasteiger partial charge in [-0.3, -0.25) is 9.69 Å². The van der Waals surface area contributed by atoms with Gasteiger partial charge in [-0.2, -0.15) is 0 Å². The van der Waals surface area contributed by atoms with E-state index >= 15 is 0 Å². The highest BCUT2D eigenvalue weighted by atomic mass is 16.2. The van der Waals surface area contributed by atoms with Gasteiger partial charge in [0.1, 0.15) is 0 Å². The molecule has 0 heterocycles. The van der Waals surface area contributed by atoms with E-state index in [-0.39, 0.29) is 11.9 Å². The van der Waals surface area contributed by atoms with Gasteiger partial charge in [-0.1, -0.05) is 0 Å².